The molecule has 2 N–H and O–H groups in total. The lowest BCUT2D eigenvalue weighted by molar-refractivity contribution is 0.589. The molecular formula is C20H26N2S. The van der Waals surface area contributed by atoms with Crippen LogP contribution >= 0.6 is 12.2 Å². The van der Waals surface area contributed by atoms with E-state index in [1.54, 1.807) is 0 Å². The van der Waals surface area contributed by atoms with E-state index in [0.29, 0.717) is 5.11 Å². The molecular weight excluding hydrogens is 300 g/mol. The fourth-order valence-electron chi connectivity index (χ4n) is 2.44. The van der Waals surface area contributed by atoms with Crippen LogP contribution in [-0.4, -0.2) is 5.11 Å². The Bertz CT molecular complexity index is 669. The van der Waals surface area contributed by atoms with Crippen molar-refractivity contribution < 1.29 is 0 Å². The highest BCUT2D eigenvalue weighted by atomic mass is 32.1. The molecule has 0 heterocycles. The molecule has 23 heavy (non-hydrogen) atoms. The summed E-state index contributed by atoms with van der Waals surface area (Å²) in [7, 11) is 0. The summed E-state index contributed by atoms with van der Waals surface area (Å²) in [4.78, 5) is 0. The van der Waals surface area contributed by atoms with Gasteiger partial charge >= 0.3 is 0 Å². The van der Waals surface area contributed by atoms with Crippen LogP contribution < -0.4 is 10.6 Å². The number of nitrogens with one attached hydrogen (secondary N) is 2. The molecule has 0 fully saturated rings. The molecule has 0 spiro atoms. The first kappa shape index (κ1) is 17.5. The smallest absolute Gasteiger partial charge is 0.171 e. The van der Waals surface area contributed by atoms with Gasteiger partial charge in [0.25, 0.3) is 0 Å². The molecule has 0 radical (unpaired) electrons. The van der Waals surface area contributed by atoms with Crippen LogP contribution in [0.5, 0.6) is 0 Å². The highest BCUT2D eigenvalue weighted by Gasteiger charge is 2.14. The number of hydrogen-bond donors (Lipinski definition) is 2. The molecule has 0 aliphatic carbocycles. The van der Waals surface area contributed by atoms with Gasteiger partial charge in [-0.1, -0.05) is 57.2 Å². The van der Waals surface area contributed by atoms with Crippen molar-refractivity contribution in [1.82, 2.24) is 5.32 Å². The van der Waals surface area contributed by atoms with E-state index < -0.39 is 0 Å². The summed E-state index contributed by atoms with van der Waals surface area (Å²) in [5.41, 5.74) is 4.97. The molecule has 0 saturated heterocycles. The van der Waals surface area contributed by atoms with Crippen molar-refractivity contribution in [2.75, 3.05) is 5.32 Å². The monoisotopic (exact) mass is 326 g/mol. The van der Waals surface area contributed by atoms with Crippen molar-refractivity contribution >= 4 is 23.0 Å². The molecule has 2 aromatic carbocycles. The minimum absolute atomic E-state index is 0.161. The van der Waals surface area contributed by atoms with E-state index in [9.17, 15) is 0 Å². The Balaban J connectivity index is 1.98. The summed E-state index contributed by atoms with van der Waals surface area (Å²) in [5.74, 6) is 0. The first-order valence-electron chi connectivity index (χ1n) is 8.00. The summed E-state index contributed by atoms with van der Waals surface area (Å²) in [5, 5.41) is 7.22. The lowest BCUT2D eigenvalue weighted by Gasteiger charge is -2.21. The molecule has 0 amide bonds. The summed E-state index contributed by atoms with van der Waals surface area (Å²) >= 11 is 5.42. The van der Waals surface area contributed by atoms with Crippen LogP contribution in [0.1, 0.15) is 50.4 Å². The van der Waals surface area contributed by atoms with E-state index in [2.05, 4.69) is 81.7 Å². The van der Waals surface area contributed by atoms with Gasteiger partial charge in [-0.05, 0) is 60.3 Å². The minimum Gasteiger partial charge on any atom is -0.356 e. The largest absolute Gasteiger partial charge is 0.356 e. The molecule has 2 rings (SSSR count). The number of benzene rings is 2. The van der Waals surface area contributed by atoms with Gasteiger partial charge in [0.05, 0.1) is 6.04 Å². The number of anilines is 1. The molecule has 0 aliphatic rings. The van der Waals surface area contributed by atoms with Gasteiger partial charge in [-0.15, -0.1) is 0 Å². The fourth-order valence-corrected chi connectivity index (χ4v) is 2.74. The summed E-state index contributed by atoms with van der Waals surface area (Å²) < 4.78 is 0. The van der Waals surface area contributed by atoms with Crippen molar-refractivity contribution in [2.24, 2.45) is 0 Å². The molecule has 0 aromatic heterocycles. The summed E-state index contributed by atoms with van der Waals surface area (Å²) in [6.07, 6.45) is 0. The van der Waals surface area contributed by atoms with Gasteiger partial charge in [0.15, 0.2) is 5.11 Å². The third-order valence-electron chi connectivity index (χ3n) is 3.90. The molecule has 2 aromatic rings. The van der Waals surface area contributed by atoms with Gasteiger partial charge in [0.1, 0.15) is 0 Å². The Hall–Kier alpha value is -1.87. The lowest BCUT2D eigenvalue weighted by atomic mass is 9.86. The molecule has 2 nitrogen and oxygen atoms in total. The molecule has 122 valence electrons. The number of hydrogen-bond acceptors (Lipinski definition) is 1. The number of thiocarbonyl (C=S) groups is 1. The zero-order valence-electron chi connectivity index (χ0n) is 14.6. The normalized spacial score (nSPS) is 12.6. The summed E-state index contributed by atoms with van der Waals surface area (Å²) in [6, 6.07) is 17.1. The SMILES string of the molecule is Cc1cccc(NC(=S)NC(C)c2ccc(C(C)(C)C)cc2)c1. The van der Waals surface area contributed by atoms with Gasteiger partial charge < -0.3 is 10.6 Å². The third kappa shape index (κ3) is 5.07. The van der Waals surface area contributed by atoms with Crippen molar-refractivity contribution in [2.45, 2.75) is 46.1 Å². The quantitative estimate of drug-likeness (QED) is 0.744. The van der Waals surface area contributed by atoms with Gasteiger partial charge in [-0.25, -0.2) is 0 Å². The third-order valence-corrected chi connectivity index (χ3v) is 4.12. The molecule has 1 unspecified atom stereocenters. The van der Waals surface area contributed by atoms with Crippen molar-refractivity contribution in [3.8, 4) is 0 Å². The molecule has 1 atom stereocenters. The van der Waals surface area contributed by atoms with Crippen LogP contribution in [0.15, 0.2) is 48.5 Å². The van der Waals surface area contributed by atoms with Crippen LogP contribution in [0.4, 0.5) is 5.69 Å². The maximum absolute atomic E-state index is 5.42. The second-order valence-corrected chi connectivity index (χ2v) is 7.47. The van der Waals surface area contributed by atoms with E-state index in [4.69, 9.17) is 12.2 Å². The Morgan fingerprint density at radius 3 is 2.26 bits per heavy atom. The minimum atomic E-state index is 0.161. The van der Waals surface area contributed by atoms with E-state index >= 15 is 0 Å². The van der Waals surface area contributed by atoms with E-state index in [0.717, 1.165) is 5.69 Å². The predicted octanol–water partition coefficient (Wildman–Crippen LogP) is 5.34. The Labute approximate surface area is 145 Å². The van der Waals surface area contributed by atoms with Gasteiger partial charge in [-0.3, -0.25) is 0 Å². The van der Waals surface area contributed by atoms with Crippen LogP contribution in [0.25, 0.3) is 0 Å². The Morgan fingerprint density at radius 1 is 1.04 bits per heavy atom. The van der Waals surface area contributed by atoms with E-state index in [1.165, 1.54) is 16.7 Å². The molecule has 3 heteroatoms. The summed E-state index contributed by atoms with van der Waals surface area (Å²) in [6.45, 7) is 10.9. The lowest BCUT2D eigenvalue weighted by Crippen LogP contribution is -2.30. The van der Waals surface area contributed by atoms with Crippen LogP contribution in [0.2, 0.25) is 0 Å². The Kier molecular flexibility index (Phi) is 5.42. The predicted molar refractivity (Wildman–Crippen MR) is 104 cm³/mol. The van der Waals surface area contributed by atoms with E-state index in [-0.39, 0.29) is 11.5 Å². The maximum Gasteiger partial charge on any atom is 0.171 e. The average molecular weight is 327 g/mol. The maximum atomic E-state index is 5.42. The number of rotatable bonds is 3. The van der Waals surface area contributed by atoms with Crippen LogP contribution in [0, 0.1) is 6.92 Å². The molecule has 0 bridgehead atoms. The van der Waals surface area contributed by atoms with Gasteiger partial charge in [-0.2, -0.15) is 0 Å². The highest BCUT2D eigenvalue weighted by Crippen LogP contribution is 2.24. The van der Waals surface area contributed by atoms with Gasteiger partial charge in [0, 0.05) is 5.69 Å². The van der Waals surface area contributed by atoms with Gasteiger partial charge in [0.2, 0.25) is 0 Å². The highest BCUT2D eigenvalue weighted by molar-refractivity contribution is 7.80. The van der Waals surface area contributed by atoms with Crippen LogP contribution in [-0.2, 0) is 5.41 Å². The number of aryl methyl sites for hydroxylation is 1. The average Bonchev–Trinajstić information content (AvgIpc) is 2.46. The van der Waals surface area contributed by atoms with E-state index in [1.807, 2.05) is 12.1 Å². The van der Waals surface area contributed by atoms with Crippen LogP contribution in [0.3, 0.4) is 0 Å². The first-order valence-corrected chi connectivity index (χ1v) is 8.41. The second kappa shape index (κ2) is 7.14. The van der Waals surface area contributed by atoms with Crippen molar-refractivity contribution in [1.29, 1.82) is 0 Å². The first-order chi connectivity index (χ1) is 10.8. The molecule has 0 saturated carbocycles. The molecule has 0 aliphatic heterocycles. The zero-order valence-corrected chi connectivity index (χ0v) is 15.4. The topological polar surface area (TPSA) is 24.1 Å². The second-order valence-electron chi connectivity index (χ2n) is 7.06. The Morgan fingerprint density at radius 2 is 1.70 bits per heavy atom. The standard InChI is InChI=1S/C20H26N2S/c1-14-7-6-8-18(13-14)22-19(23)21-15(2)16-9-11-17(12-10-16)20(3,4)5/h6-13,15H,1-5H3,(H2,21,22,23). The zero-order chi connectivity index (χ0) is 17.0. The van der Waals surface area contributed by atoms with Crippen molar-refractivity contribution in [3.05, 3.63) is 65.2 Å². The van der Waals surface area contributed by atoms with Crippen molar-refractivity contribution in [3.63, 3.8) is 0 Å². The fraction of sp³-hybridized carbons (Fsp3) is 0.350.